The Hall–Kier alpha value is -4.00. The minimum absolute atomic E-state index is 0.0622. The van der Waals surface area contributed by atoms with Crippen LogP contribution in [0.5, 0.6) is 5.75 Å². The minimum atomic E-state index is -4.80. The number of phenolic OH excluding ortho intramolecular Hbond substituents is 1. The van der Waals surface area contributed by atoms with E-state index in [1.165, 1.54) is 15.9 Å². The molecule has 0 bridgehead atoms. The van der Waals surface area contributed by atoms with E-state index < -0.39 is 45.7 Å². The van der Waals surface area contributed by atoms with E-state index in [0.29, 0.717) is 42.1 Å². The normalized spacial score (nSPS) is 19.2. The number of hydrogen-bond donors (Lipinski definition) is 2. The summed E-state index contributed by atoms with van der Waals surface area (Å²) in [5.74, 6) is -1.96. The van der Waals surface area contributed by atoms with Gasteiger partial charge in [0.1, 0.15) is 10.8 Å². The van der Waals surface area contributed by atoms with Gasteiger partial charge in [-0.1, -0.05) is 19.2 Å². The second-order valence-electron chi connectivity index (χ2n) is 10.8. The summed E-state index contributed by atoms with van der Waals surface area (Å²) in [7, 11) is 1.81. The smallest absolute Gasteiger partial charge is 0.447 e. The van der Waals surface area contributed by atoms with E-state index in [4.69, 9.17) is 5.73 Å². The van der Waals surface area contributed by atoms with Gasteiger partial charge in [0.05, 0.1) is 23.0 Å². The van der Waals surface area contributed by atoms with E-state index >= 15 is 0 Å². The van der Waals surface area contributed by atoms with Gasteiger partial charge in [-0.25, -0.2) is 9.37 Å². The SMILES string of the molecule is C=CC(=O)N1CCC(=C)C2=C(N(C)c3ccc(C4CC4)cc3O)CCN(C(=O)c3cnc(SC(F)(F)F)c(F)c3N)C2C1. The van der Waals surface area contributed by atoms with Gasteiger partial charge in [-0.15, -0.1) is 0 Å². The Balaban J connectivity index is 1.55. The van der Waals surface area contributed by atoms with Crippen molar-refractivity contribution in [3.63, 3.8) is 0 Å². The first-order valence-electron chi connectivity index (χ1n) is 13.7. The number of carbonyl (C=O) groups excluding carboxylic acids is 2. The number of nitrogens with two attached hydrogens (primary N) is 1. The first-order chi connectivity index (χ1) is 20.3. The molecule has 5 rings (SSSR count). The Labute approximate surface area is 250 Å². The number of nitrogens with zero attached hydrogens (tertiary/aromatic N) is 4. The molecule has 1 unspecified atom stereocenters. The average Bonchev–Trinajstić information content (AvgIpc) is 3.82. The van der Waals surface area contributed by atoms with E-state index in [1.807, 2.05) is 24.1 Å². The molecule has 3 N–H and O–H groups in total. The number of likely N-dealkylation sites (tertiary alicyclic amines) is 1. The number of nitrogen functional groups attached to an aromatic ring is 1. The summed E-state index contributed by atoms with van der Waals surface area (Å²) < 4.78 is 53.5. The van der Waals surface area contributed by atoms with E-state index in [9.17, 15) is 32.3 Å². The van der Waals surface area contributed by atoms with Crippen molar-refractivity contribution < 1.29 is 32.3 Å². The van der Waals surface area contributed by atoms with Gasteiger partial charge in [0.25, 0.3) is 5.91 Å². The summed E-state index contributed by atoms with van der Waals surface area (Å²) in [5.41, 5.74) is 3.71. The lowest BCUT2D eigenvalue weighted by atomic mass is 9.89. The standard InChI is InChI=1S/C30H31F4N5O3S/c1-4-24(41)38-11-9-16(2)25-21(37(3)20-8-7-18(13-23(20)40)17-5-6-17)10-12-39(22(25)15-38)29(42)19-14-36-28(26(31)27(19)35)43-30(32,33)34/h4,7-8,13-14,17,22,40H,1-2,5-6,9-12,15H2,3H3,(H2,35,36). The zero-order valence-electron chi connectivity index (χ0n) is 23.5. The van der Waals surface area contributed by atoms with E-state index in [0.717, 1.165) is 30.3 Å². The highest BCUT2D eigenvalue weighted by Crippen LogP contribution is 2.45. The zero-order chi connectivity index (χ0) is 31.2. The molecule has 1 aromatic heterocycles. The topological polar surface area (TPSA) is 103 Å². The molecule has 1 saturated heterocycles. The van der Waals surface area contributed by atoms with Gasteiger partial charge >= 0.3 is 5.51 Å². The highest BCUT2D eigenvalue weighted by atomic mass is 32.2. The van der Waals surface area contributed by atoms with Crippen LogP contribution in [0.15, 0.2) is 65.5 Å². The lowest BCUT2D eigenvalue weighted by Crippen LogP contribution is -2.52. The number of halogens is 4. The monoisotopic (exact) mass is 617 g/mol. The summed E-state index contributed by atoms with van der Waals surface area (Å²) in [4.78, 5) is 34.9. The maximum atomic E-state index is 14.9. The predicted octanol–water partition coefficient (Wildman–Crippen LogP) is 5.58. The summed E-state index contributed by atoms with van der Waals surface area (Å²) in [6.45, 7) is 8.31. The maximum Gasteiger partial charge on any atom is 0.447 e. The van der Waals surface area contributed by atoms with Crippen LogP contribution in [0.2, 0.25) is 0 Å². The molecular formula is C30H31F4N5O3S. The highest BCUT2D eigenvalue weighted by molar-refractivity contribution is 8.00. The average molecular weight is 618 g/mol. The Morgan fingerprint density at radius 1 is 1.23 bits per heavy atom. The summed E-state index contributed by atoms with van der Waals surface area (Å²) >= 11 is -0.757. The summed E-state index contributed by atoms with van der Waals surface area (Å²) in [6, 6.07) is 4.85. The van der Waals surface area contributed by atoms with Crippen molar-refractivity contribution in [2.75, 3.05) is 37.3 Å². The minimum Gasteiger partial charge on any atom is -0.506 e. The molecule has 3 aliphatic rings. The van der Waals surface area contributed by atoms with Gasteiger partial charge < -0.3 is 25.5 Å². The first-order valence-corrected chi connectivity index (χ1v) is 14.5. The second kappa shape index (κ2) is 11.6. The lowest BCUT2D eigenvalue weighted by Gasteiger charge is -2.42. The van der Waals surface area contributed by atoms with Crippen molar-refractivity contribution >= 4 is 35.0 Å². The molecule has 1 saturated carbocycles. The van der Waals surface area contributed by atoms with Crippen LogP contribution in [-0.2, 0) is 4.79 Å². The van der Waals surface area contributed by atoms with Gasteiger partial charge in [-0.2, -0.15) is 13.2 Å². The third-order valence-corrected chi connectivity index (χ3v) is 8.81. The number of thioether (sulfide) groups is 1. The van der Waals surface area contributed by atoms with Crippen LogP contribution in [0, 0.1) is 5.82 Å². The number of anilines is 2. The molecule has 2 amide bonds. The molecule has 13 heteroatoms. The fourth-order valence-corrected chi connectivity index (χ4v) is 6.27. The molecule has 0 spiro atoms. The fourth-order valence-electron chi connectivity index (χ4n) is 5.75. The number of aromatic hydroxyl groups is 1. The molecule has 8 nitrogen and oxygen atoms in total. The van der Waals surface area contributed by atoms with Crippen molar-refractivity contribution in [2.24, 2.45) is 0 Å². The van der Waals surface area contributed by atoms with Crippen LogP contribution in [-0.4, -0.2) is 69.9 Å². The van der Waals surface area contributed by atoms with Crippen molar-refractivity contribution in [1.29, 1.82) is 0 Å². The molecule has 2 aliphatic heterocycles. The Morgan fingerprint density at radius 3 is 2.58 bits per heavy atom. The first kappa shape index (κ1) is 30.5. The predicted molar refractivity (Wildman–Crippen MR) is 156 cm³/mol. The van der Waals surface area contributed by atoms with Crippen molar-refractivity contribution in [1.82, 2.24) is 14.8 Å². The summed E-state index contributed by atoms with van der Waals surface area (Å²) in [5, 5.41) is 9.94. The molecule has 1 aliphatic carbocycles. The van der Waals surface area contributed by atoms with E-state index in [-0.39, 0.29) is 30.3 Å². The van der Waals surface area contributed by atoms with Gasteiger partial charge in [0.2, 0.25) is 5.91 Å². The number of hydrogen-bond acceptors (Lipinski definition) is 7. The number of carbonyl (C=O) groups is 2. The third kappa shape index (κ3) is 6.08. The molecule has 228 valence electrons. The molecule has 43 heavy (non-hydrogen) atoms. The second-order valence-corrected chi connectivity index (χ2v) is 11.9. The number of amides is 2. The Morgan fingerprint density at radius 2 is 1.95 bits per heavy atom. The number of fused-ring (bicyclic) bond motifs is 1. The molecule has 2 aromatic rings. The third-order valence-electron chi connectivity index (χ3n) is 8.10. The fraction of sp³-hybridized carbons (Fsp3) is 0.367. The summed E-state index contributed by atoms with van der Waals surface area (Å²) in [6.07, 6.45) is 4.90. The van der Waals surface area contributed by atoms with Gasteiger partial charge in [-0.3, -0.25) is 9.59 Å². The van der Waals surface area contributed by atoms with Crippen LogP contribution in [0.3, 0.4) is 0 Å². The van der Waals surface area contributed by atoms with Crippen LogP contribution in [0.25, 0.3) is 0 Å². The van der Waals surface area contributed by atoms with Gasteiger partial charge in [0.15, 0.2) is 5.82 Å². The molecule has 1 aromatic carbocycles. The number of pyridine rings is 1. The van der Waals surface area contributed by atoms with Crippen LogP contribution in [0.1, 0.15) is 47.5 Å². The Bertz CT molecular complexity index is 1540. The highest BCUT2D eigenvalue weighted by Gasteiger charge is 2.41. The zero-order valence-corrected chi connectivity index (χ0v) is 24.3. The quantitative estimate of drug-likeness (QED) is 0.248. The molecule has 3 heterocycles. The number of alkyl halides is 3. The van der Waals surface area contributed by atoms with E-state index in [2.05, 4.69) is 18.1 Å². The molecular weight excluding hydrogens is 586 g/mol. The van der Waals surface area contributed by atoms with E-state index in [1.54, 1.807) is 6.07 Å². The number of benzene rings is 1. The number of rotatable bonds is 6. The molecule has 1 atom stereocenters. The number of aromatic nitrogens is 1. The van der Waals surface area contributed by atoms with Gasteiger partial charge in [-0.05, 0) is 60.1 Å². The van der Waals surface area contributed by atoms with Crippen molar-refractivity contribution in [3.8, 4) is 5.75 Å². The Kier molecular flexibility index (Phi) is 8.21. The lowest BCUT2D eigenvalue weighted by molar-refractivity contribution is -0.126. The van der Waals surface area contributed by atoms with Crippen LogP contribution < -0.4 is 10.6 Å². The largest absolute Gasteiger partial charge is 0.506 e. The molecule has 0 radical (unpaired) electrons. The molecule has 2 fully saturated rings. The number of phenols is 1. The van der Waals surface area contributed by atoms with Crippen molar-refractivity contribution in [3.05, 3.63) is 77.4 Å². The van der Waals surface area contributed by atoms with Crippen LogP contribution in [0.4, 0.5) is 28.9 Å². The van der Waals surface area contributed by atoms with Gasteiger partial charge in [0, 0.05) is 56.8 Å². The van der Waals surface area contributed by atoms with Crippen molar-refractivity contribution in [2.45, 2.75) is 48.2 Å². The van der Waals surface area contributed by atoms with Crippen LogP contribution >= 0.6 is 11.8 Å². The maximum absolute atomic E-state index is 14.9.